The van der Waals surface area contributed by atoms with E-state index in [1.54, 1.807) is 12.1 Å². The first-order chi connectivity index (χ1) is 9.22. The van der Waals surface area contributed by atoms with Crippen LogP contribution in [0.25, 0.3) is 0 Å². The molecule has 2 rings (SSSR count). The minimum Gasteiger partial charge on any atom is -0.363 e. The number of nitrogen functional groups attached to an aromatic ring is 1. The number of amides is 1. The monoisotopic (exact) mass is 261 g/mol. The van der Waals surface area contributed by atoms with Gasteiger partial charge in [-0.05, 0) is 18.6 Å². The van der Waals surface area contributed by atoms with Gasteiger partial charge in [0.05, 0.1) is 6.20 Å². The summed E-state index contributed by atoms with van der Waals surface area (Å²) in [5, 5.41) is 6.18. The van der Waals surface area contributed by atoms with Gasteiger partial charge in [-0.15, -0.1) is 0 Å². The van der Waals surface area contributed by atoms with Crippen LogP contribution in [0.4, 0.5) is 11.5 Å². The highest BCUT2D eigenvalue weighted by Crippen LogP contribution is 2.14. The van der Waals surface area contributed by atoms with Gasteiger partial charge in [0.15, 0.2) is 0 Å². The lowest BCUT2D eigenvalue weighted by Crippen LogP contribution is -2.15. The number of hydrogen-bond donors (Lipinski definition) is 3. The number of nitrogens with two attached hydrogens (primary N) is 1. The molecule has 7 nitrogen and oxygen atoms in total. The smallest absolute Gasteiger partial charge is 0.255 e. The first-order valence-corrected chi connectivity index (χ1v) is 5.91. The van der Waals surface area contributed by atoms with Crippen molar-refractivity contribution in [2.24, 2.45) is 5.84 Å². The van der Waals surface area contributed by atoms with E-state index in [1.807, 2.05) is 6.92 Å². The van der Waals surface area contributed by atoms with Gasteiger partial charge in [-0.25, -0.2) is 10.8 Å². The summed E-state index contributed by atoms with van der Waals surface area (Å²) in [7, 11) is 0. The van der Waals surface area contributed by atoms with E-state index < -0.39 is 0 Å². The second kappa shape index (κ2) is 5.96. The van der Waals surface area contributed by atoms with Gasteiger partial charge in [-0.2, -0.15) is 0 Å². The summed E-state index contributed by atoms with van der Waals surface area (Å²) in [4.78, 5) is 16.3. The highest BCUT2D eigenvalue weighted by Gasteiger charge is 2.10. The van der Waals surface area contributed by atoms with Crippen LogP contribution in [0.5, 0.6) is 0 Å². The Kier molecular flexibility index (Phi) is 4.09. The van der Waals surface area contributed by atoms with Gasteiger partial charge in [0.25, 0.3) is 5.91 Å². The number of carbonyl (C=O) groups is 1. The largest absolute Gasteiger partial charge is 0.363 e. The molecule has 0 aromatic carbocycles. The second-order valence-corrected chi connectivity index (χ2v) is 3.99. The average Bonchev–Trinajstić information content (AvgIpc) is 2.91. The predicted molar refractivity (Wildman–Crippen MR) is 70.5 cm³/mol. The van der Waals surface area contributed by atoms with Crippen molar-refractivity contribution in [3.05, 3.63) is 35.9 Å². The van der Waals surface area contributed by atoms with E-state index in [9.17, 15) is 4.79 Å². The normalized spacial score (nSPS) is 10.2. The lowest BCUT2D eigenvalue weighted by atomic mass is 10.1. The Morgan fingerprint density at radius 3 is 2.95 bits per heavy atom. The van der Waals surface area contributed by atoms with E-state index in [0.717, 1.165) is 18.5 Å². The number of nitrogens with zero attached hydrogens (tertiary/aromatic N) is 2. The molecular weight excluding hydrogens is 246 g/mol. The standard InChI is InChI=1S/C12H15N5O2/c1-2-3-9-4-8(5-11(15-9)17-13)12(18)16-10-6-14-19-7-10/h4-7H,2-3,13H2,1H3,(H,15,17)(H,16,18). The molecule has 0 bridgehead atoms. The predicted octanol–water partition coefficient (Wildman–Crippen LogP) is 1.56. The van der Waals surface area contributed by atoms with Gasteiger partial charge >= 0.3 is 0 Å². The highest BCUT2D eigenvalue weighted by molar-refractivity contribution is 6.04. The molecule has 100 valence electrons. The molecule has 2 aromatic rings. The van der Waals surface area contributed by atoms with Crippen LogP contribution in [0.2, 0.25) is 0 Å². The highest BCUT2D eigenvalue weighted by atomic mass is 16.5. The molecule has 0 saturated heterocycles. The van der Waals surface area contributed by atoms with Crippen molar-refractivity contribution < 1.29 is 9.32 Å². The van der Waals surface area contributed by atoms with E-state index in [2.05, 4.69) is 25.4 Å². The second-order valence-electron chi connectivity index (χ2n) is 3.99. The molecule has 7 heteroatoms. The zero-order chi connectivity index (χ0) is 13.7. The number of hydrogen-bond acceptors (Lipinski definition) is 6. The van der Waals surface area contributed by atoms with E-state index in [-0.39, 0.29) is 5.91 Å². The van der Waals surface area contributed by atoms with E-state index in [0.29, 0.717) is 17.1 Å². The van der Waals surface area contributed by atoms with Gasteiger partial charge in [-0.3, -0.25) is 4.79 Å². The summed E-state index contributed by atoms with van der Waals surface area (Å²) in [5.41, 5.74) is 4.25. The molecule has 0 aliphatic heterocycles. The molecule has 0 aliphatic carbocycles. The molecule has 0 fully saturated rings. The fraction of sp³-hybridized carbons (Fsp3) is 0.250. The van der Waals surface area contributed by atoms with Crippen LogP contribution >= 0.6 is 0 Å². The number of anilines is 2. The van der Waals surface area contributed by atoms with Gasteiger partial charge in [0, 0.05) is 11.3 Å². The Balaban J connectivity index is 2.22. The van der Waals surface area contributed by atoms with Crippen molar-refractivity contribution in [1.29, 1.82) is 0 Å². The number of carbonyl (C=O) groups excluding carboxylic acids is 1. The van der Waals surface area contributed by atoms with Crippen LogP contribution in [0.1, 0.15) is 29.4 Å². The van der Waals surface area contributed by atoms with Crippen LogP contribution in [-0.4, -0.2) is 16.0 Å². The van der Waals surface area contributed by atoms with Crippen molar-refractivity contribution >= 4 is 17.4 Å². The summed E-state index contributed by atoms with van der Waals surface area (Å²) in [6.07, 6.45) is 4.50. The number of nitrogens with one attached hydrogen (secondary N) is 2. The fourth-order valence-electron chi connectivity index (χ4n) is 1.65. The lowest BCUT2D eigenvalue weighted by Gasteiger charge is -2.07. The Labute approximate surface area is 110 Å². The Morgan fingerprint density at radius 1 is 1.47 bits per heavy atom. The maximum absolute atomic E-state index is 12.1. The SMILES string of the molecule is CCCc1cc(C(=O)Nc2cnoc2)cc(NN)n1. The van der Waals surface area contributed by atoms with Crippen molar-refractivity contribution in [2.75, 3.05) is 10.7 Å². The number of aryl methyl sites for hydroxylation is 1. The Morgan fingerprint density at radius 2 is 2.32 bits per heavy atom. The Bertz CT molecular complexity index is 553. The lowest BCUT2D eigenvalue weighted by molar-refractivity contribution is 0.102. The molecule has 2 aromatic heterocycles. The van der Waals surface area contributed by atoms with E-state index in [1.165, 1.54) is 12.5 Å². The number of hydrazine groups is 1. The van der Waals surface area contributed by atoms with Crippen LogP contribution in [0.3, 0.4) is 0 Å². The third kappa shape index (κ3) is 3.29. The molecule has 19 heavy (non-hydrogen) atoms. The summed E-state index contributed by atoms with van der Waals surface area (Å²) >= 11 is 0. The van der Waals surface area contributed by atoms with Crippen LogP contribution in [0.15, 0.2) is 29.1 Å². The van der Waals surface area contributed by atoms with Crippen molar-refractivity contribution in [1.82, 2.24) is 10.1 Å². The number of aromatic nitrogens is 2. The zero-order valence-electron chi connectivity index (χ0n) is 10.5. The number of pyridine rings is 1. The van der Waals surface area contributed by atoms with Gasteiger partial charge in [-0.1, -0.05) is 18.5 Å². The maximum Gasteiger partial charge on any atom is 0.255 e. The third-order valence-corrected chi connectivity index (χ3v) is 2.48. The fourth-order valence-corrected chi connectivity index (χ4v) is 1.65. The minimum atomic E-state index is -0.264. The molecule has 4 N–H and O–H groups in total. The molecule has 0 saturated carbocycles. The van der Waals surface area contributed by atoms with Gasteiger partial charge in [0.2, 0.25) is 0 Å². The first kappa shape index (κ1) is 13.0. The van der Waals surface area contributed by atoms with Crippen molar-refractivity contribution in [3.63, 3.8) is 0 Å². The quantitative estimate of drug-likeness (QED) is 0.557. The molecule has 2 heterocycles. The van der Waals surface area contributed by atoms with E-state index in [4.69, 9.17) is 5.84 Å². The van der Waals surface area contributed by atoms with Crippen LogP contribution < -0.4 is 16.6 Å². The summed E-state index contributed by atoms with van der Waals surface area (Å²) in [5.74, 6) is 5.55. The van der Waals surface area contributed by atoms with Gasteiger partial charge in [0.1, 0.15) is 17.8 Å². The molecule has 0 radical (unpaired) electrons. The molecular formula is C12H15N5O2. The Hall–Kier alpha value is -2.41. The van der Waals surface area contributed by atoms with Crippen LogP contribution in [-0.2, 0) is 6.42 Å². The zero-order valence-corrected chi connectivity index (χ0v) is 10.5. The average molecular weight is 261 g/mol. The molecule has 0 spiro atoms. The summed E-state index contributed by atoms with van der Waals surface area (Å²) in [6.45, 7) is 2.04. The maximum atomic E-state index is 12.1. The topological polar surface area (TPSA) is 106 Å². The third-order valence-electron chi connectivity index (χ3n) is 2.48. The molecule has 1 amide bonds. The summed E-state index contributed by atoms with van der Waals surface area (Å²) in [6, 6.07) is 3.33. The van der Waals surface area contributed by atoms with Crippen molar-refractivity contribution in [3.8, 4) is 0 Å². The minimum absolute atomic E-state index is 0.264. The van der Waals surface area contributed by atoms with Gasteiger partial charge < -0.3 is 15.3 Å². The van der Waals surface area contributed by atoms with E-state index >= 15 is 0 Å². The molecule has 0 atom stereocenters. The van der Waals surface area contributed by atoms with Crippen LogP contribution in [0, 0.1) is 0 Å². The van der Waals surface area contributed by atoms with Crippen molar-refractivity contribution in [2.45, 2.75) is 19.8 Å². The number of rotatable bonds is 5. The summed E-state index contributed by atoms with van der Waals surface area (Å²) < 4.78 is 4.65. The molecule has 0 aliphatic rings. The first-order valence-electron chi connectivity index (χ1n) is 5.91. The molecule has 0 unspecified atom stereocenters.